The molecule has 3 rings (SSSR count). The van der Waals surface area contributed by atoms with Crippen molar-refractivity contribution in [2.75, 3.05) is 12.4 Å². The second-order valence-electron chi connectivity index (χ2n) is 6.42. The van der Waals surface area contributed by atoms with Gasteiger partial charge in [0, 0.05) is 18.8 Å². The highest BCUT2D eigenvalue weighted by atomic mass is 16.5. The van der Waals surface area contributed by atoms with E-state index in [1.807, 2.05) is 0 Å². The minimum atomic E-state index is -0.748. The van der Waals surface area contributed by atoms with Crippen molar-refractivity contribution in [3.8, 4) is 11.6 Å². The number of H-pyrrole nitrogens is 1. The zero-order valence-corrected chi connectivity index (χ0v) is 16.4. The summed E-state index contributed by atoms with van der Waals surface area (Å²) in [6.07, 6.45) is 1.19. The number of aliphatic imine (C=N–C) groups is 1. The van der Waals surface area contributed by atoms with Crippen molar-refractivity contribution in [2.45, 2.75) is 13.5 Å². The van der Waals surface area contributed by atoms with Crippen LogP contribution in [-0.4, -0.2) is 33.9 Å². The Morgan fingerprint density at radius 2 is 1.83 bits per heavy atom. The Balaban J connectivity index is 1.88. The van der Waals surface area contributed by atoms with Crippen LogP contribution < -0.4 is 21.3 Å². The molecule has 1 amide bonds. The van der Waals surface area contributed by atoms with Gasteiger partial charge in [0.1, 0.15) is 11.3 Å². The van der Waals surface area contributed by atoms with Gasteiger partial charge in [-0.3, -0.25) is 24.1 Å². The summed E-state index contributed by atoms with van der Waals surface area (Å²) in [7, 11) is 1.55. The van der Waals surface area contributed by atoms with E-state index >= 15 is 0 Å². The average molecular weight is 408 g/mol. The summed E-state index contributed by atoms with van der Waals surface area (Å²) in [5, 5.41) is 13.1. The van der Waals surface area contributed by atoms with E-state index in [0.717, 1.165) is 10.1 Å². The van der Waals surface area contributed by atoms with Gasteiger partial charge >= 0.3 is 5.69 Å². The van der Waals surface area contributed by atoms with Crippen LogP contribution in [0.1, 0.15) is 18.1 Å². The molecule has 0 radical (unpaired) electrons. The van der Waals surface area contributed by atoms with Crippen molar-refractivity contribution >= 4 is 23.5 Å². The van der Waals surface area contributed by atoms with Crippen LogP contribution in [0.25, 0.3) is 0 Å². The van der Waals surface area contributed by atoms with Crippen LogP contribution >= 0.6 is 0 Å². The van der Waals surface area contributed by atoms with Crippen molar-refractivity contribution in [1.29, 1.82) is 0 Å². The number of nitrogens with one attached hydrogen (secondary N) is 2. The molecule has 0 fully saturated rings. The number of rotatable bonds is 6. The summed E-state index contributed by atoms with van der Waals surface area (Å²) in [6, 6.07) is 13.6. The molecule has 30 heavy (non-hydrogen) atoms. The number of aromatic nitrogens is 2. The maximum Gasteiger partial charge on any atom is 0.331 e. The van der Waals surface area contributed by atoms with Gasteiger partial charge in [0.15, 0.2) is 0 Å². The van der Waals surface area contributed by atoms with Crippen molar-refractivity contribution in [3.63, 3.8) is 0 Å². The van der Waals surface area contributed by atoms with Crippen LogP contribution in [0.3, 0.4) is 0 Å². The van der Waals surface area contributed by atoms with Gasteiger partial charge in [-0.1, -0.05) is 12.1 Å². The van der Waals surface area contributed by atoms with E-state index < -0.39 is 17.1 Å². The van der Waals surface area contributed by atoms with Gasteiger partial charge in [0.05, 0.1) is 19.3 Å². The number of aromatic hydroxyl groups is 1. The highest BCUT2D eigenvalue weighted by Gasteiger charge is 2.13. The molecule has 0 saturated carbocycles. The van der Waals surface area contributed by atoms with E-state index in [2.05, 4.69) is 15.3 Å². The lowest BCUT2D eigenvalue weighted by Crippen LogP contribution is -2.32. The molecule has 0 bridgehead atoms. The highest BCUT2D eigenvalue weighted by Crippen LogP contribution is 2.18. The van der Waals surface area contributed by atoms with E-state index in [0.29, 0.717) is 17.1 Å². The van der Waals surface area contributed by atoms with Gasteiger partial charge in [0.2, 0.25) is 11.8 Å². The van der Waals surface area contributed by atoms with Crippen LogP contribution in [0.4, 0.5) is 11.4 Å². The Hall–Kier alpha value is -4.14. The topological polar surface area (TPSA) is 126 Å². The lowest BCUT2D eigenvalue weighted by molar-refractivity contribution is -0.114. The van der Waals surface area contributed by atoms with Crippen molar-refractivity contribution in [3.05, 3.63) is 80.5 Å². The first-order valence-corrected chi connectivity index (χ1v) is 8.98. The Labute approximate surface area is 171 Å². The number of carbonyl (C=O) groups excluding carboxylic acids is 1. The normalized spacial score (nSPS) is 10.9. The van der Waals surface area contributed by atoms with Crippen molar-refractivity contribution in [2.24, 2.45) is 4.99 Å². The largest absolute Gasteiger partial charge is 0.497 e. The van der Waals surface area contributed by atoms with Gasteiger partial charge < -0.3 is 15.2 Å². The molecule has 0 unspecified atom stereocenters. The average Bonchev–Trinajstić information content (AvgIpc) is 2.72. The zero-order chi connectivity index (χ0) is 21.7. The minimum absolute atomic E-state index is 0.0533. The summed E-state index contributed by atoms with van der Waals surface area (Å²) in [4.78, 5) is 41.8. The molecule has 0 atom stereocenters. The molecule has 0 aliphatic carbocycles. The maximum absolute atomic E-state index is 12.2. The number of nitrogens with zero attached hydrogens (tertiary/aromatic N) is 2. The Kier molecular flexibility index (Phi) is 6.11. The van der Waals surface area contributed by atoms with E-state index in [4.69, 9.17) is 4.74 Å². The molecule has 2 aromatic carbocycles. The van der Waals surface area contributed by atoms with Crippen molar-refractivity contribution in [1.82, 2.24) is 9.55 Å². The summed E-state index contributed by atoms with van der Waals surface area (Å²) in [5.41, 5.74) is 0.212. The van der Waals surface area contributed by atoms with E-state index in [1.54, 1.807) is 55.6 Å². The lowest BCUT2D eigenvalue weighted by atomic mass is 10.2. The lowest BCUT2D eigenvalue weighted by Gasteiger charge is -2.10. The second kappa shape index (κ2) is 8.91. The number of hydrogen-bond donors (Lipinski definition) is 3. The van der Waals surface area contributed by atoms with E-state index in [-0.39, 0.29) is 18.0 Å². The second-order valence-corrected chi connectivity index (χ2v) is 6.42. The number of methoxy groups -OCH3 is 1. The molecule has 9 nitrogen and oxygen atoms in total. The fourth-order valence-electron chi connectivity index (χ4n) is 2.72. The number of amides is 1. The van der Waals surface area contributed by atoms with Crippen LogP contribution in [0.15, 0.2) is 63.1 Å². The van der Waals surface area contributed by atoms with E-state index in [1.165, 1.54) is 13.1 Å². The van der Waals surface area contributed by atoms with Gasteiger partial charge in [-0.15, -0.1) is 0 Å². The quantitative estimate of drug-likeness (QED) is 0.538. The SMILES string of the molecule is COc1ccc(Cn2c(O)c(C=Nc3ccc(NC(C)=O)cc3)c(=O)[nH]c2=O)cc1. The first-order chi connectivity index (χ1) is 14.4. The van der Waals surface area contributed by atoms with Gasteiger partial charge in [-0.05, 0) is 42.0 Å². The molecule has 154 valence electrons. The minimum Gasteiger partial charge on any atom is -0.497 e. The Morgan fingerprint density at radius 3 is 2.43 bits per heavy atom. The third-order valence-corrected chi connectivity index (χ3v) is 4.24. The first-order valence-electron chi connectivity index (χ1n) is 8.98. The molecular formula is C21H20N4O5. The number of aromatic amines is 1. The Morgan fingerprint density at radius 1 is 1.17 bits per heavy atom. The molecular weight excluding hydrogens is 388 g/mol. The van der Waals surface area contributed by atoms with E-state index in [9.17, 15) is 19.5 Å². The fourth-order valence-corrected chi connectivity index (χ4v) is 2.72. The molecule has 0 spiro atoms. The molecule has 0 aliphatic heterocycles. The molecule has 3 aromatic rings. The predicted octanol–water partition coefficient (Wildman–Crippen LogP) is 2.01. The number of ether oxygens (including phenoxy) is 1. The zero-order valence-electron chi connectivity index (χ0n) is 16.4. The van der Waals surface area contributed by atoms with Crippen LogP contribution in [-0.2, 0) is 11.3 Å². The Bertz CT molecular complexity index is 1190. The number of hydrogen-bond acceptors (Lipinski definition) is 6. The molecule has 1 aromatic heterocycles. The van der Waals surface area contributed by atoms with Crippen LogP contribution in [0, 0.1) is 0 Å². The third-order valence-electron chi connectivity index (χ3n) is 4.24. The molecule has 3 N–H and O–H groups in total. The standard InChI is InChI=1S/C21H20N4O5/c1-13(26)23-16-7-5-15(6-8-16)22-11-18-19(27)24-21(29)25(20(18)28)12-14-3-9-17(30-2)10-4-14/h3-11,28H,12H2,1-2H3,(H,23,26)(H,24,27,29). The van der Waals surface area contributed by atoms with Gasteiger partial charge in [0.25, 0.3) is 5.56 Å². The van der Waals surface area contributed by atoms with Gasteiger partial charge in [-0.2, -0.15) is 0 Å². The van der Waals surface area contributed by atoms with Gasteiger partial charge in [-0.25, -0.2) is 4.79 Å². The highest BCUT2D eigenvalue weighted by molar-refractivity contribution is 5.89. The smallest absolute Gasteiger partial charge is 0.331 e. The number of benzene rings is 2. The monoisotopic (exact) mass is 408 g/mol. The third kappa shape index (κ3) is 4.82. The summed E-state index contributed by atoms with van der Waals surface area (Å²) in [6.45, 7) is 1.46. The molecule has 9 heteroatoms. The maximum atomic E-state index is 12.2. The molecule has 0 aliphatic rings. The number of carbonyl (C=O) groups is 1. The predicted molar refractivity (Wildman–Crippen MR) is 113 cm³/mol. The summed E-state index contributed by atoms with van der Waals surface area (Å²) in [5.74, 6) is -0.0193. The first kappa shape index (κ1) is 20.6. The van der Waals surface area contributed by atoms with Crippen LogP contribution in [0.2, 0.25) is 0 Å². The fraction of sp³-hybridized carbons (Fsp3) is 0.143. The molecule has 0 saturated heterocycles. The van der Waals surface area contributed by atoms with Crippen molar-refractivity contribution < 1.29 is 14.6 Å². The summed E-state index contributed by atoms with van der Waals surface area (Å²) >= 11 is 0. The summed E-state index contributed by atoms with van der Waals surface area (Å²) < 4.78 is 6.14. The molecule has 1 heterocycles. The number of anilines is 1. The van der Waals surface area contributed by atoms with Crippen LogP contribution in [0.5, 0.6) is 11.6 Å².